The quantitative estimate of drug-likeness (QED) is 0.873. The molecule has 2 rings (SSSR count). The highest BCUT2D eigenvalue weighted by Crippen LogP contribution is 2.29. The number of rotatable bonds is 6. The molecule has 1 N–H and O–H groups in total. The topological polar surface area (TPSA) is 72.5 Å². The molecule has 0 saturated heterocycles. The van der Waals surface area contributed by atoms with Gasteiger partial charge in [-0.2, -0.15) is 0 Å². The second-order valence-electron chi connectivity index (χ2n) is 5.49. The van der Waals surface area contributed by atoms with Crippen LogP contribution >= 0.6 is 0 Å². The van der Waals surface area contributed by atoms with Crippen molar-refractivity contribution in [3.8, 4) is 0 Å². The lowest BCUT2D eigenvalue weighted by atomic mass is 10.1. The number of carbonyl (C=O) groups is 1. The van der Waals surface area contributed by atoms with Crippen LogP contribution in [0.2, 0.25) is 0 Å². The van der Waals surface area contributed by atoms with Gasteiger partial charge in [0, 0.05) is 6.54 Å². The fourth-order valence-corrected chi connectivity index (χ4v) is 4.58. The van der Waals surface area contributed by atoms with Gasteiger partial charge in [0.1, 0.15) is 0 Å². The molecule has 0 aromatic heterocycles. The molecule has 0 aliphatic heterocycles. The van der Waals surface area contributed by atoms with Crippen molar-refractivity contribution in [2.24, 2.45) is 0 Å². The number of alkyl carbamates (subject to hydrolysis) is 1. The molecule has 1 fully saturated rings. The van der Waals surface area contributed by atoms with Gasteiger partial charge in [0.15, 0.2) is 9.84 Å². The van der Waals surface area contributed by atoms with Crippen LogP contribution in [0, 0.1) is 0 Å². The lowest BCUT2D eigenvalue weighted by Crippen LogP contribution is -2.26. The lowest BCUT2D eigenvalue weighted by Gasteiger charge is -2.11. The van der Waals surface area contributed by atoms with Crippen LogP contribution < -0.4 is 5.32 Å². The highest BCUT2D eigenvalue weighted by Gasteiger charge is 2.29. The monoisotopic (exact) mass is 325 g/mol. The summed E-state index contributed by atoms with van der Waals surface area (Å²) in [6.45, 7) is 2.57. The number of amides is 1. The molecule has 1 saturated carbocycles. The van der Waals surface area contributed by atoms with Gasteiger partial charge < -0.3 is 10.1 Å². The van der Waals surface area contributed by atoms with Crippen molar-refractivity contribution >= 4 is 15.9 Å². The maximum absolute atomic E-state index is 12.4. The smallest absolute Gasteiger partial charge is 0.407 e. The summed E-state index contributed by atoms with van der Waals surface area (Å²) in [6.07, 6.45) is 3.76. The van der Waals surface area contributed by atoms with Gasteiger partial charge in [-0.15, -0.1) is 0 Å². The van der Waals surface area contributed by atoms with Crippen LogP contribution in [-0.2, 0) is 21.0 Å². The lowest BCUT2D eigenvalue weighted by molar-refractivity contribution is 0.152. The SMILES string of the molecule is CCOC(=O)NCCc1ccc(S(=O)(=O)C2CCCC2)cc1. The largest absolute Gasteiger partial charge is 0.450 e. The zero-order valence-electron chi connectivity index (χ0n) is 12.9. The molecule has 6 heteroatoms. The summed E-state index contributed by atoms with van der Waals surface area (Å²) in [7, 11) is -3.19. The van der Waals surface area contributed by atoms with Crippen molar-refractivity contribution in [2.75, 3.05) is 13.2 Å². The number of benzene rings is 1. The molecule has 1 amide bonds. The Labute approximate surface area is 132 Å². The fourth-order valence-electron chi connectivity index (χ4n) is 2.73. The molecule has 1 aliphatic carbocycles. The maximum Gasteiger partial charge on any atom is 0.407 e. The summed E-state index contributed by atoms with van der Waals surface area (Å²) >= 11 is 0. The average molecular weight is 325 g/mol. The van der Waals surface area contributed by atoms with E-state index in [9.17, 15) is 13.2 Å². The summed E-state index contributed by atoms with van der Waals surface area (Å²) in [5.74, 6) is 0. The predicted octanol–water partition coefficient (Wildman–Crippen LogP) is 2.69. The normalized spacial score (nSPS) is 15.7. The number of nitrogens with one attached hydrogen (secondary N) is 1. The van der Waals surface area contributed by atoms with Crippen LogP contribution in [0.15, 0.2) is 29.2 Å². The number of ether oxygens (including phenoxy) is 1. The Morgan fingerprint density at radius 3 is 2.45 bits per heavy atom. The number of carbonyl (C=O) groups excluding carboxylic acids is 1. The van der Waals surface area contributed by atoms with Gasteiger partial charge in [-0.05, 0) is 43.9 Å². The van der Waals surface area contributed by atoms with E-state index in [-0.39, 0.29) is 5.25 Å². The molecule has 0 bridgehead atoms. The van der Waals surface area contributed by atoms with E-state index >= 15 is 0 Å². The first-order valence-corrected chi connectivity index (χ1v) is 9.32. The molecular weight excluding hydrogens is 302 g/mol. The molecule has 0 spiro atoms. The molecule has 122 valence electrons. The Bertz CT molecular complexity index is 589. The summed E-state index contributed by atoms with van der Waals surface area (Å²) in [5, 5.41) is 2.42. The van der Waals surface area contributed by atoms with Crippen molar-refractivity contribution < 1.29 is 17.9 Å². The molecule has 5 nitrogen and oxygen atoms in total. The van der Waals surface area contributed by atoms with Crippen LogP contribution in [0.5, 0.6) is 0 Å². The molecule has 0 heterocycles. The molecule has 0 radical (unpaired) electrons. The molecule has 0 atom stereocenters. The molecular formula is C16H23NO4S. The third-order valence-corrected chi connectivity index (χ3v) is 6.23. The van der Waals surface area contributed by atoms with E-state index in [1.54, 1.807) is 19.1 Å². The van der Waals surface area contributed by atoms with Crippen LogP contribution in [0.4, 0.5) is 4.79 Å². The van der Waals surface area contributed by atoms with E-state index < -0.39 is 15.9 Å². The molecule has 22 heavy (non-hydrogen) atoms. The Morgan fingerprint density at radius 1 is 1.23 bits per heavy atom. The van der Waals surface area contributed by atoms with Crippen LogP contribution in [-0.4, -0.2) is 32.9 Å². The number of sulfone groups is 1. The van der Waals surface area contributed by atoms with Gasteiger partial charge >= 0.3 is 6.09 Å². The highest BCUT2D eigenvalue weighted by molar-refractivity contribution is 7.92. The van der Waals surface area contributed by atoms with Crippen molar-refractivity contribution in [3.63, 3.8) is 0 Å². The molecule has 0 unspecified atom stereocenters. The predicted molar refractivity (Wildman–Crippen MR) is 84.6 cm³/mol. The van der Waals surface area contributed by atoms with E-state index in [0.717, 1.165) is 31.2 Å². The summed E-state index contributed by atoms with van der Waals surface area (Å²) < 4.78 is 29.7. The van der Waals surface area contributed by atoms with Gasteiger partial charge in [-0.3, -0.25) is 0 Å². The molecule has 1 aromatic carbocycles. The standard InChI is InChI=1S/C16H23NO4S/c1-2-21-16(18)17-12-11-13-7-9-15(10-8-13)22(19,20)14-5-3-4-6-14/h7-10,14H,2-6,11-12H2,1H3,(H,17,18). The zero-order valence-corrected chi connectivity index (χ0v) is 13.7. The van der Waals surface area contributed by atoms with Gasteiger partial charge in [0.25, 0.3) is 0 Å². The fraction of sp³-hybridized carbons (Fsp3) is 0.562. The first kappa shape index (κ1) is 16.8. The molecule has 1 aromatic rings. The Kier molecular flexibility index (Phi) is 5.83. The van der Waals surface area contributed by atoms with Crippen LogP contribution in [0.3, 0.4) is 0 Å². The van der Waals surface area contributed by atoms with Gasteiger partial charge in [0.2, 0.25) is 0 Å². The van der Waals surface area contributed by atoms with Crippen LogP contribution in [0.25, 0.3) is 0 Å². The first-order chi connectivity index (χ1) is 10.5. The third kappa shape index (κ3) is 4.22. The Balaban J connectivity index is 1.91. The van der Waals surface area contributed by atoms with E-state index in [1.165, 1.54) is 0 Å². The van der Waals surface area contributed by atoms with Crippen molar-refractivity contribution in [1.82, 2.24) is 5.32 Å². The average Bonchev–Trinajstić information content (AvgIpc) is 3.03. The maximum atomic E-state index is 12.4. The number of hydrogen-bond acceptors (Lipinski definition) is 4. The van der Waals surface area contributed by atoms with Gasteiger partial charge in [-0.1, -0.05) is 25.0 Å². The summed E-state index contributed by atoms with van der Waals surface area (Å²) in [6, 6.07) is 6.98. The van der Waals surface area contributed by atoms with E-state index in [2.05, 4.69) is 5.32 Å². The van der Waals surface area contributed by atoms with Gasteiger partial charge in [0.05, 0.1) is 16.8 Å². The minimum atomic E-state index is -3.19. The van der Waals surface area contributed by atoms with E-state index in [1.807, 2.05) is 12.1 Å². The Morgan fingerprint density at radius 2 is 1.86 bits per heavy atom. The third-order valence-electron chi connectivity index (χ3n) is 3.95. The van der Waals surface area contributed by atoms with Crippen molar-refractivity contribution in [2.45, 2.75) is 49.2 Å². The van der Waals surface area contributed by atoms with Gasteiger partial charge in [-0.25, -0.2) is 13.2 Å². The second-order valence-corrected chi connectivity index (χ2v) is 7.72. The first-order valence-electron chi connectivity index (χ1n) is 7.77. The second kappa shape index (κ2) is 7.63. The molecule has 1 aliphatic rings. The Hall–Kier alpha value is -1.56. The van der Waals surface area contributed by atoms with E-state index in [0.29, 0.717) is 24.5 Å². The van der Waals surface area contributed by atoms with Crippen molar-refractivity contribution in [1.29, 1.82) is 0 Å². The number of hydrogen-bond donors (Lipinski definition) is 1. The zero-order chi connectivity index (χ0) is 16.0. The summed E-state index contributed by atoms with van der Waals surface area (Å²) in [4.78, 5) is 11.6. The van der Waals surface area contributed by atoms with E-state index in [4.69, 9.17) is 4.74 Å². The minimum Gasteiger partial charge on any atom is -0.450 e. The van der Waals surface area contributed by atoms with Crippen LogP contribution in [0.1, 0.15) is 38.2 Å². The highest BCUT2D eigenvalue weighted by atomic mass is 32.2. The van der Waals surface area contributed by atoms with Crippen molar-refractivity contribution in [3.05, 3.63) is 29.8 Å². The summed E-state index contributed by atoms with van der Waals surface area (Å²) in [5.41, 5.74) is 0.988. The minimum absolute atomic E-state index is 0.219.